The number of pyridine rings is 1. The molecule has 0 atom stereocenters. The molecule has 7 rings (SSSR count). The summed E-state index contributed by atoms with van der Waals surface area (Å²) in [4.78, 5) is 9.20. The molecule has 1 aliphatic rings. The van der Waals surface area contributed by atoms with E-state index in [9.17, 15) is 0 Å². The number of aryl methyl sites for hydroxylation is 2. The van der Waals surface area contributed by atoms with Crippen molar-refractivity contribution in [3.63, 3.8) is 0 Å². The standard InChI is InChI=1S/C37H29BBrN3O/c1-26-21-36(40-37(22-26)43-32-24-28(23-30(39)25-32)33-18-10-9-13-27(33)2)42-35-20-12-11-19-34(35)41(31-16-7-4-8-17-31)38(42)29-14-5-3-6-15-29/h3-25H,1-2H3/i1D3,2D3. The smallest absolute Gasteiger partial charge is 0.421 e. The molecule has 1 aromatic heterocycles. The highest BCUT2D eigenvalue weighted by Gasteiger charge is 2.44. The predicted molar refractivity (Wildman–Crippen MR) is 182 cm³/mol. The highest BCUT2D eigenvalue weighted by atomic mass is 79.9. The fourth-order valence-corrected chi connectivity index (χ4v) is 6.06. The third kappa shape index (κ3) is 5.30. The number of benzene rings is 5. The van der Waals surface area contributed by atoms with E-state index < -0.39 is 20.7 Å². The summed E-state index contributed by atoms with van der Waals surface area (Å²) >= 11 is 3.55. The first-order valence-electron chi connectivity index (χ1n) is 16.9. The van der Waals surface area contributed by atoms with Crippen LogP contribution >= 0.6 is 15.9 Å². The van der Waals surface area contributed by atoms with Gasteiger partial charge in [-0.25, -0.2) is 0 Å². The van der Waals surface area contributed by atoms with E-state index in [0.717, 1.165) is 22.5 Å². The molecule has 2 heterocycles. The molecule has 6 aromatic rings. The Kier molecular flexibility index (Phi) is 5.59. The van der Waals surface area contributed by atoms with E-state index >= 15 is 0 Å². The van der Waals surface area contributed by atoms with Crippen LogP contribution in [0.2, 0.25) is 0 Å². The number of hydrogen-bond donors (Lipinski definition) is 0. The van der Waals surface area contributed by atoms with Gasteiger partial charge in [0.15, 0.2) is 0 Å². The molecule has 0 N–H and O–H groups in total. The Morgan fingerprint density at radius 3 is 2.16 bits per heavy atom. The van der Waals surface area contributed by atoms with Gasteiger partial charge >= 0.3 is 6.98 Å². The zero-order valence-corrected chi connectivity index (χ0v) is 24.6. The van der Waals surface area contributed by atoms with E-state index in [-0.39, 0.29) is 17.0 Å². The van der Waals surface area contributed by atoms with Crippen LogP contribution in [0.4, 0.5) is 22.9 Å². The summed E-state index contributed by atoms with van der Waals surface area (Å²) in [6.07, 6.45) is 0. The van der Waals surface area contributed by atoms with Gasteiger partial charge in [-0.2, -0.15) is 4.98 Å². The molecule has 0 aliphatic carbocycles. The van der Waals surface area contributed by atoms with E-state index in [4.69, 9.17) is 17.9 Å². The molecule has 0 fully saturated rings. The lowest BCUT2D eigenvalue weighted by molar-refractivity contribution is 0.463. The molecule has 0 unspecified atom stereocenters. The SMILES string of the molecule is [2H]C([2H])([2H])c1cc(Oc2cc(Br)cc(-c3ccccc3C([2H])([2H])[2H])c2)nc(N2B(c3ccccc3)N(c3ccccc3)c3ccccc32)c1. The van der Waals surface area contributed by atoms with Crippen molar-refractivity contribution < 1.29 is 13.0 Å². The van der Waals surface area contributed by atoms with Crippen molar-refractivity contribution in [2.45, 2.75) is 13.7 Å². The summed E-state index contributed by atoms with van der Waals surface area (Å²) in [7, 11) is 0. The van der Waals surface area contributed by atoms with Crippen molar-refractivity contribution in [2.24, 2.45) is 0 Å². The Labute approximate surface area is 269 Å². The van der Waals surface area contributed by atoms with Crippen molar-refractivity contribution in [1.82, 2.24) is 4.98 Å². The molecule has 0 saturated heterocycles. The second kappa shape index (κ2) is 11.5. The number of ether oxygens (including phenoxy) is 1. The van der Waals surface area contributed by atoms with E-state index in [2.05, 4.69) is 20.7 Å². The zero-order valence-electron chi connectivity index (χ0n) is 29.0. The number of hydrogen-bond acceptors (Lipinski definition) is 4. The maximum Gasteiger partial charge on any atom is 0.421 e. The number of halogens is 1. The first-order chi connectivity index (χ1) is 23.5. The molecule has 0 saturated carbocycles. The predicted octanol–water partition coefficient (Wildman–Crippen LogP) is 9.61. The molecule has 43 heavy (non-hydrogen) atoms. The molecule has 5 aromatic carbocycles. The fourth-order valence-electron chi connectivity index (χ4n) is 5.59. The maximum absolute atomic E-state index is 8.37. The summed E-state index contributed by atoms with van der Waals surface area (Å²) in [6.45, 7) is -5.18. The van der Waals surface area contributed by atoms with Crippen LogP contribution in [0.15, 0.2) is 144 Å². The van der Waals surface area contributed by atoms with E-state index in [0.29, 0.717) is 27.2 Å². The highest BCUT2D eigenvalue weighted by molar-refractivity contribution is 9.10. The topological polar surface area (TPSA) is 28.6 Å². The summed E-state index contributed by atoms with van der Waals surface area (Å²) in [6, 6.07) is 43.2. The van der Waals surface area contributed by atoms with Gasteiger partial charge in [0.2, 0.25) is 5.88 Å². The third-order valence-electron chi connectivity index (χ3n) is 7.39. The number of anilines is 4. The minimum Gasteiger partial charge on any atom is -0.439 e. The Hall–Kier alpha value is -4.81. The Balaban J connectivity index is 1.37. The van der Waals surface area contributed by atoms with Crippen molar-refractivity contribution >= 4 is 51.3 Å². The minimum atomic E-state index is -2.46. The molecule has 0 spiro atoms. The number of para-hydroxylation sites is 3. The van der Waals surface area contributed by atoms with Gasteiger partial charge in [-0.15, -0.1) is 0 Å². The number of aromatic nitrogens is 1. The normalized spacial score (nSPS) is 15.0. The lowest BCUT2D eigenvalue weighted by Crippen LogP contribution is -2.53. The van der Waals surface area contributed by atoms with Gasteiger partial charge in [0.05, 0.1) is 11.4 Å². The number of fused-ring (bicyclic) bond motifs is 1. The van der Waals surface area contributed by atoms with Crippen molar-refractivity contribution in [2.75, 3.05) is 9.62 Å². The average Bonchev–Trinajstić information content (AvgIpc) is 3.43. The van der Waals surface area contributed by atoms with Gasteiger partial charge < -0.3 is 14.4 Å². The maximum atomic E-state index is 8.37. The third-order valence-corrected chi connectivity index (χ3v) is 7.85. The van der Waals surface area contributed by atoms with Crippen LogP contribution in [0.5, 0.6) is 11.6 Å². The van der Waals surface area contributed by atoms with Gasteiger partial charge in [0.25, 0.3) is 0 Å². The lowest BCUT2D eigenvalue weighted by atomic mass is 9.65. The number of nitrogens with zero attached hydrogens (tertiary/aromatic N) is 3. The summed E-state index contributed by atoms with van der Waals surface area (Å²) < 4.78 is 56.3. The summed E-state index contributed by atoms with van der Waals surface area (Å²) in [5.74, 6) is 0.837. The molecule has 0 amide bonds. The first-order valence-corrected chi connectivity index (χ1v) is 14.6. The molecule has 6 heteroatoms. The molecular weight excluding hydrogens is 593 g/mol. The largest absolute Gasteiger partial charge is 0.439 e. The van der Waals surface area contributed by atoms with Crippen LogP contribution in [0, 0.1) is 13.7 Å². The summed E-state index contributed by atoms with van der Waals surface area (Å²) in [5, 5.41) is 0. The zero-order chi connectivity index (χ0) is 34.3. The Morgan fingerprint density at radius 1 is 0.698 bits per heavy atom. The van der Waals surface area contributed by atoms with E-state index in [1.54, 1.807) is 42.5 Å². The van der Waals surface area contributed by atoms with Gasteiger partial charge in [-0.3, -0.25) is 0 Å². The van der Waals surface area contributed by atoms with E-state index in [1.165, 1.54) is 6.07 Å². The second-order valence-electron chi connectivity index (χ2n) is 10.2. The van der Waals surface area contributed by atoms with Gasteiger partial charge in [-0.05, 0) is 90.0 Å². The quantitative estimate of drug-likeness (QED) is 0.172. The average molecular weight is 628 g/mol. The number of rotatable bonds is 6. The van der Waals surface area contributed by atoms with Gasteiger partial charge in [-0.1, -0.05) is 101 Å². The fraction of sp³-hybridized carbons (Fsp3) is 0.0541. The van der Waals surface area contributed by atoms with Crippen LogP contribution < -0.4 is 19.8 Å². The minimum absolute atomic E-state index is 0.0675. The monoisotopic (exact) mass is 627 g/mol. The van der Waals surface area contributed by atoms with E-state index in [1.807, 2.05) is 95.8 Å². The molecule has 4 nitrogen and oxygen atoms in total. The molecule has 0 bridgehead atoms. The van der Waals surface area contributed by atoms with Crippen LogP contribution in [0.25, 0.3) is 11.1 Å². The van der Waals surface area contributed by atoms with Gasteiger partial charge in [0.1, 0.15) is 11.6 Å². The van der Waals surface area contributed by atoms with Crippen molar-refractivity contribution in [3.05, 3.63) is 155 Å². The van der Waals surface area contributed by atoms with Crippen LogP contribution in [0.1, 0.15) is 19.4 Å². The van der Waals surface area contributed by atoms with Crippen molar-refractivity contribution in [3.8, 4) is 22.8 Å². The Morgan fingerprint density at radius 2 is 1.40 bits per heavy atom. The second-order valence-corrected chi connectivity index (χ2v) is 11.1. The molecule has 208 valence electrons. The molecule has 0 radical (unpaired) electrons. The van der Waals surface area contributed by atoms with Gasteiger partial charge in [0, 0.05) is 24.5 Å². The lowest BCUT2D eigenvalue weighted by Gasteiger charge is -2.29. The Bertz CT molecular complexity index is 2130. The van der Waals surface area contributed by atoms with Crippen LogP contribution in [0.3, 0.4) is 0 Å². The van der Waals surface area contributed by atoms with Crippen LogP contribution in [-0.2, 0) is 0 Å². The molecular formula is C37H29BBrN3O. The molecule has 1 aliphatic heterocycles. The summed E-state index contributed by atoms with van der Waals surface area (Å²) in [5.41, 5.74) is 5.19. The van der Waals surface area contributed by atoms with Crippen LogP contribution in [-0.4, -0.2) is 12.0 Å². The van der Waals surface area contributed by atoms with Crippen molar-refractivity contribution in [1.29, 1.82) is 0 Å². The highest BCUT2D eigenvalue weighted by Crippen LogP contribution is 2.46. The first kappa shape index (κ1) is 21.0.